The lowest BCUT2D eigenvalue weighted by molar-refractivity contribution is -0.227. The highest BCUT2D eigenvalue weighted by molar-refractivity contribution is 5.89. The van der Waals surface area contributed by atoms with Crippen LogP contribution in [0.3, 0.4) is 0 Å². The molecule has 8 heteroatoms. The number of carboxylic acid groups (broad SMARTS) is 1. The Morgan fingerprint density at radius 1 is 1.00 bits per heavy atom. The molecule has 5 aliphatic rings. The molecule has 0 amide bonds. The molecule has 49 heavy (non-hydrogen) atoms. The van der Waals surface area contributed by atoms with Crippen LogP contribution in [0.1, 0.15) is 120 Å². The third-order valence-corrected chi connectivity index (χ3v) is 15.8. The van der Waals surface area contributed by atoms with Gasteiger partial charge in [0.15, 0.2) is 0 Å². The first-order chi connectivity index (χ1) is 22.6. The summed E-state index contributed by atoms with van der Waals surface area (Å²) in [6.45, 7) is 20.8. The number of allylic oxidation sites excluding steroid dienone is 3. The van der Waals surface area contributed by atoms with Crippen LogP contribution in [-0.2, 0) is 19.1 Å². The van der Waals surface area contributed by atoms with Crippen molar-refractivity contribution < 1.29 is 39.5 Å². The van der Waals surface area contributed by atoms with Gasteiger partial charge in [-0.2, -0.15) is 0 Å². The lowest BCUT2D eigenvalue weighted by Gasteiger charge is -2.71. The van der Waals surface area contributed by atoms with E-state index in [1.807, 2.05) is 20.8 Å². The summed E-state index contributed by atoms with van der Waals surface area (Å²) in [5.41, 5.74) is -2.06. The number of carboxylic acids is 1. The number of aliphatic hydroxyl groups excluding tert-OH is 3. The summed E-state index contributed by atoms with van der Waals surface area (Å²) in [6.07, 6.45) is 9.91. The highest BCUT2D eigenvalue weighted by atomic mass is 16.5. The molecule has 4 fully saturated rings. The van der Waals surface area contributed by atoms with Crippen molar-refractivity contribution in [1.82, 2.24) is 0 Å². The Morgan fingerprint density at radius 3 is 2.27 bits per heavy atom. The smallest absolute Gasteiger partial charge is 0.336 e. The summed E-state index contributed by atoms with van der Waals surface area (Å²) in [7, 11) is 1.60. The highest BCUT2D eigenvalue weighted by Gasteiger charge is 2.72. The van der Waals surface area contributed by atoms with E-state index in [2.05, 4.69) is 47.3 Å². The van der Waals surface area contributed by atoms with Gasteiger partial charge < -0.3 is 29.9 Å². The number of esters is 1. The summed E-state index contributed by atoms with van der Waals surface area (Å²) < 4.78 is 11.6. The summed E-state index contributed by atoms with van der Waals surface area (Å²) in [5, 5.41) is 44.4. The number of methoxy groups -OCH3 is 1. The summed E-state index contributed by atoms with van der Waals surface area (Å²) in [4.78, 5) is 27.0. The van der Waals surface area contributed by atoms with Gasteiger partial charge in [0.2, 0.25) is 0 Å². The van der Waals surface area contributed by atoms with Crippen LogP contribution in [0.4, 0.5) is 0 Å². The van der Waals surface area contributed by atoms with Crippen LogP contribution in [-0.4, -0.2) is 70.0 Å². The molecule has 11 atom stereocenters. The van der Waals surface area contributed by atoms with Gasteiger partial charge in [-0.15, -0.1) is 6.58 Å². The topological polar surface area (TPSA) is 134 Å². The molecule has 0 heterocycles. The maximum absolute atomic E-state index is 13.5. The minimum Gasteiger partial charge on any atom is -0.481 e. The number of hydrogen-bond donors (Lipinski definition) is 4. The molecule has 5 aliphatic carbocycles. The number of rotatable bonds is 9. The molecule has 8 nitrogen and oxygen atoms in total. The Balaban J connectivity index is 1.47. The maximum atomic E-state index is 13.5. The minimum atomic E-state index is -1.50. The summed E-state index contributed by atoms with van der Waals surface area (Å²) >= 11 is 0. The predicted molar refractivity (Wildman–Crippen MR) is 189 cm³/mol. The van der Waals surface area contributed by atoms with Crippen molar-refractivity contribution >= 4 is 11.9 Å². The van der Waals surface area contributed by atoms with Crippen LogP contribution in [0.5, 0.6) is 0 Å². The molecule has 0 spiro atoms. The molecule has 5 rings (SSSR count). The van der Waals surface area contributed by atoms with Gasteiger partial charge in [-0.3, -0.25) is 4.79 Å². The van der Waals surface area contributed by atoms with Gasteiger partial charge in [-0.25, -0.2) is 4.79 Å². The van der Waals surface area contributed by atoms with Gasteiger partial charge in [0.25, 0.3) is 0 Å². The standard InChI is InChI=1S/C41H64O8/c1-11-37(6,48-10)18-12-13-25(24-42)33(45)49-32-23-41(34(46)47)27(21-35(32,2)3)26-14-15-29-38(7)19-17-30(43)36(4,5)28(38)16-20-39(29,8)40(26,9)22-31(41)44/h11,13-14,27-32,42-44H,1,12,15-24H2,2-10H3,(H,46,47)/b25-13-/t27-,28-,29+,30?,31?,32?,37?,38-,39+,40+,41+/m0/s1. The van der Waals surface area contributed by atoms with Crippen LogP contribution in [0.2, 0.25) is 0 Å². The van der Waals surface area contributed by atoms with Crippen LogP contribution < -0.4 is 0 Å². The average molecular weight is 685 g/mol. The van der Waals surface area contributed by atoms with Gasteiger partial charge in [-0.05, 0) is 104 Å². The Labute approximate surface area is 294 Å². The van der Waals surface area contributed by atoms with Crippen molar-refractivity contribution in [3.05, 3.63) is 36.0 Å². The van der Waals surface area contributed by atoms with Crippen LogP contribution >= 0.6 is 0 Å². The fraction of sp³-hybridized carbons (Fsp3) is 0.805. The predicted octanol–water partition coefficient (Wildman–Crippen LogP) is 7.02. The van der Waals surface area contributed by atoms with Crippen molar-refractivity contribution in [2.45, 2.75) is 144 Å². The van der Waals surface area contributed by atoms with Crippen molar-refractivity contribution in [1.29, 1.82) is 0 Å². The normalized spacial score (nSPS) is 43.8. The fourth-order valence-corrected chi connectivity index (χ4v) is 12.1. The van der Waals surface area contributed by atoms with Gasteiger partial charge in [0.05, 0.1) is 30.0 Å². The average Bonchev–Trinajstić information content (AvgIpc) is 3.02. The number of fused-ring (bicyclic) bond motifs is 7. The molecule has 0 bridgehead atoms. The number of aliphatic hydroxyl groups is 3. The van der Waals surface area contributed by atoms with E-state index in [9.17, 15) is 30.0 Å². The molecule has 276 valence electrons. The lowest BCUT2D eigenvalue weighted by Crippen LogP contribution is -2.68. The Morgan fingerprint density at radius 2 is 1.67 bits per heavy atom. The second-order valence-corrected chi connectivity index (χ2v) is 18.7. The van der Waals surface area contributed by atoms with Crippen LogP contribution in [0.25, 0.3) is 0 Å². The fourth-order valence-electron chi connectivity index (χ4n) is 12.1. The van der Waals surface area contributed by atoms with Gasteiger partial charge in [0, 0.05) is 18.9 Å². The van der Waals surface area contributed by atoms with Crippen LogP contribution in [0, 0.1) is 50.2 Å². The Hall–Kier alpha value is -2.00. The lowest BCUT2D eigenvalue weighted by atomic mass is 9.33. The molecule has 0 aromatic carbocycles. The zero-order valence-electron chi connectivity index (χ0n) is 31.6. The molecule has 0 aromatic rings. The van der Waals surface area contributed by atoms with Gasteiger partial charge in [-0.1, -0.05) is 72.3 Å². The third kappa shape index (κ3) is 5.61. The molecule has 0 aliphatic heterocycles. The monoisotopic (exact) mass is 684 g/mol. The second kappa shape index (κ2) is 12.6. The third-order valence-electron chi connectivity index (χ3n) is 15.8. The van der Waals surface area contributed by atoms with Crippen molar-refractivity contribution in [3.8, 4) is 0 Å². The maximum Gasteiger partial charge on any atom is 0.336 e. The zero-order chi connectivity index (χ0) is 36.6. The quantitative estimate of drug-likeness (QED) is 0.116. The molecule has 0 radical (unpaired) electrons. The van der Waals surface area contributed by atoms with Crippen molar-refractivity contribution in [2.75, 3.05) is 13.7 Å². The first kappa shape index (κ1) is 38.2. The molecule has 4 unspecified atom stereocenters. The number of aliphatic carboxylic acids is 1. The van der Waals surface area contributed by atoms with E-state index in [1.165, 1.54) is 0 Å². The van der Waals surface area contributed by atoms with E-state index < -0.39 is 58.5 Å². The Bertz CT molecular complexity index is 1400. The molecule has 0 saturated heterocycles. The van der Waals surface area contributed by atoms with E-state index in [0.29, 0.717) is 37.5 Å². The highest BCUT2D eigenvalue weighted by Crippen LogP contribution is 2.75. The van der Waals surface area contributed by atoms with E-state index in [0.717, 1.165) is 37.7 Å². The zero-order valence-corrected chi connectivity index (χ0v) is 31.6. The SMILES string of the molecule is C=CC(C)(CC/C=C(/CO)C(=O)OC1C[C@]2(C(=O)O)C(O)C[C@]3(C)C(=CC[C@@H]4[C@@]5(C)CCC(O)C(C)(C)[C@@H]5CC[C@]43C)[C@@H]2CC1(C)C)OC. The first-order valence-corrected chi connectivity index (χ1v) is 18.6. The molecular formula is C41H64O8. The Kier molecular flexibility index (Phi) is 9.83. The number of carbonyl (C=O) groups excluding carboxylic acids is 1. The number of ether oxygens (including phenoxy) is 2. The van der Waals surface area contributed by atoms with E-state index in [4.69, 9.17) is 9.47 Å². The van der Waals surface area contributed by atoms with E-state index in [1.54, 1.807) is 19.3 Å². The van der Waals surface area contributed by atoms with E-state index in [-0.39, 0.29) is 34.3 Å². The first-order valence-electron chi connectivity index (χ1n) is 18.6. The van der Waals surface area contributed by atoms with Crippen LogP contribution in [0.15, 0.2) is 36.0 Å². The second-order valence-electron chi connectivity index (χ2n) is 18.7. The van der Waals surface area contributed by atoms with Gasteiger partial charge in [0.1, 0.15) is 11.5 Å². The molecule has 0 aromatic heterocycles. The largest absolute Gasteiger partial charge is 0.481 e. The van der Waals surface area contributed by atoms with Crippen molar-refractivity contribution in [3.63, 3.8) is 0 Å². The van der Waals surface area contributed by atoms with Gasteiger partial charge >= 0.3 is 11.9 Å². The number of carbonyl (C=O) groups is 2. The minimum absolute atomic E-state index is 0.00323. The van der Waals surface area contributed by atoms with E-state index >= 15 is 0 Å². The molecular weight excluding hydrogens is 620 g/mol. The van der Waals surface area contributed by atoms with Crippen molar-refractivity contribution in [2.24, 2.45) is 50.2 Å². The molecule has 4 N–H and O–H groups in total. The summed E-state index contributed by atoms with van der Waals surface area (Å²) in [5.74, 6) is -1.37. The number of hydrogen-bond acceptors (Lipinski definition) is 7. The summed E-state index contributed by atoms with van der Waals surface area (Å²) in [6, 6.07) is 0. The molecule has 4 saturated carbocycles.